The van der Waals surface area contributed by atoms with Gasteiger partial charge in [-0.15, -0.1) is 0 Å². The van der Waals surface area contributed by atoms with Gasteiger partial charge in [-0.25, -0.2) is 4.39 Å². The van der Waals surface area contributed by atoms with E-state index < -0.39 is 0 Å². The predicted octanol–water partition coefficient (Wildman–Crippen LogP) is 1.66. The Bertz CT molecular complexity index is 323. The molecule has 1 heterocycles. The first-order valence-electron chi connectivity index (χ1n) is 5.98. The van der Waals surface area contributed by atoms with Crippen molar-refractivity contribution in [2.24, 2.45) is 0 Å². The SMILES string of the molecule is CCN1CCNC(Cc2ccc(F)cc2)C1. The van der Waals surface area contributed by atoms with E-state index in [1.54, 1.807) is 0 Å². The topological polar surface area (TPSA) is 15.3 Å². The maximum Gasteiger partial charge on any atom is 0.123 e. The van der Waals surface area contributed by atoms with E-state index in [-0.39, 0.29) is 5.82 Å². The third-order valence-corrected chi connectivity index (χ3v) is 3.18. The highest BCUT2D eigenvalue weighted by Gasteiger charge is 2.17. The van der Waals surface area contributed by atoms with Crippen molar-refractivity contribution in [3.05, 3.63) is 35.6 Å². The Morgan fingerprint density at radius 1 is 1.38 bits per heavy atom. The molecule has 2 rings (SSSR count). The standard InChI is InChI=1S/C13H19FN2/c1-2-16-8-7-15-13(10-16)9-11-3-5-12(14)6-4-11/h3-6,13,15H,2,7-10H2,1H3. The Kier molecular flexibility index (Phi) is 3.91. The molecule has 1 aliphatic heterocycles. The van der Waals surface area contributed by atoms with E-state index in [1.165, 1.54) is 17.7 Å². The molecule has 16 heavy (non-hydrogen) atoms. The van der Waals surface area contributed by atoms with E-state index in [0.29, 0.717) is 6.04 Å². The van der Waals surface area contributed by atoms with Crippen molar-refractivity contribution < 1.29 is 4.39 Å². The zero-order valence-electron chi connectivity index (χ0n) is 9.75. The zero-order chi connectivity index (χ0) is 11.4. The van der Waals surface area contributed by atoms with Gasteiger partial charge in [-0.3, -0.25) is 0 Å². The van der Waals surface area contributed by atoms with Crippen molar-refractivity contribution in [1.82, 2.24) is 10.2 Å². The van der Waals surface area contributed by atoms with E-state index in [9.17, 15) is 4.39 Å². The lowest BCUT2D eigenvalue weighted by Crippen LogP contribution is -2.51. The number of benzene rings is 1. The van der Waals surface area contributed by atoms with Crippen LogP contribution in [0.1, 0.15) is 12.5 Å². The van der Waals surface area contributed by atoms with Gasteiger partial charge in [-0.2, -0.15) is 0 Å². The average molecular weight is 222 g/mol. The van der Waals surface area contributed by atoms with E-state index in [2.05, 4.69) is 17.1 Å². The number of halogens is 1. The molecule has 1 saturated heterocycles. The van der Waals surface area contributed by atoms with Crippen molar-refractivity contribution in [2.75, 3.05) is 26.2 Å². The molecule has 1 unspecified atom stereocenters. The highest BCUT2D eigenvalue weighted by molar-refractivity contribution is 5.17. The van der Waals surface area contributed by atoms with Gasteiger partial charge in [0.25, 0.3) is 0 Å². The van der Waals surface area contributed by atoms with Crippen LogP contribution in [0.25, 0.3) is 0 Å². The Morgan fingerprint density at radius 2 is 2.12 bits per heavy atom. The molecule has 1 aromatic carbocycles. The summed E-state index contributed by atoms with van der Waals surface area (Å²) in [5.41, 5.74) is 1.21. The van der Waals surface area contributed by atoms with Crippen LogP contribution in [0.3, 0.4) is 0 Å². The van der Waals surface area contributed by atoms with E-state index in [0.717, 1.165) is 32.6 Å². The Hall–Kier alpha value is -0.930. The van der Waals surface area contributed by atoms with Gasteiger partial charge in [0, 0.05) is 25.7 Å². The summed E-state index contributed by atoms with van der Waals surface area (Å²) in [5, 5.41) is 3.51. The third-order valence-electron chi connectivity index (χ3n) is 3.18. The Balaban J connectivity index is 1.91. The van der Waals surface area contributed by atoms with Gasteiger partial charge >= 0.3 is 0 Å². The minimum Gasteiger partial charge on any atom is -0.311 e. The zero-order valence-corrected chi connectivity index (χ0v) is 9.75. The van der Waals surface area contributed by atoms with Crippen LogP contribution >= 0.6 is 0 Å². The van der Waals surface area contributed by atoms with Crippen molar-refractivity contribution in [2.45, 2.75) is 19.4 Å². The largest absolute Gasteiger partial charge is 0.311 e. The summed E-state index contributed by atoms with van der Waals surface area (Å²) in [7, 11) is 0. The fourth-order valence-electron chi connectivity index (χ4n) is 2.22. The van der Waals surface area contributed by atoms with Gasteiger partial charge in [0.05, 0.1) is 0 Å². The number of hydrogen-bond acceptors (Lipinski definition) is 2. The Labute approximate surface area is 96.5 Å². The molecule has 1 fully saturated rings. The third kappa shape index (κ3) is 3.03. The maximum atomic E-state index is 12.8. The molecular formula is C13H19FN2. The Morgan fingerprint density at radius 3 is 2.81 bits per heavy atom. The van der Waals surface area contributed by atoms with E-state index >= 15 is 0 Å². The summed E-state index contributed by atoms with van der Waals surface area (Å²) in [6, 6.07) is 7.33. The van der Waals surface area contributed by atoms with Gasteiger partial charge in [-0.1, -0.05) is 19.1 Å². The first-order valence-corrected chi connectivity index (χ1v) is 5.98. The fourth-order valence-corrected chi connectivity index (χ4v) is 2.22. The molecule has 0 radical (unpaired) electrons. The van der Waals surface area contributed by atoms with Crippen LogP contribution in [0.2, 0.25) is 0 Å². The van der Waals surface area contributed by atoms with E-state index in [4.69, 9.17) is 0 Å². The van der Waals surface area contributed by atoms with Gasteiger partial charge < -0.3 is 10.2 Å². The summed E-state index contributed by atoms with van der Waals surface area (Å²) >= 11 is 0. The summed E-state index contributed by atoms with van der Waals surface area (Å²) in [6.45, 7) is 6.59. The summed E-state index contributed by atoms with van der Waals surface area (Å²) in [4.78, 5) is 2.45. The van der Waals surface area contributed by atoms with Crippen LogP contribution in [0.5, 0.6) is 0 Å². The average Bonchev–Trinajstić information content (AvgIpc) is 2.32. The molecule has 0 spiro atoms. The minimum atomic E-state index is -0.157. The first-order chi connectivity index (χ1) is 7.78. The molecule has 1 aromatic rings. The van der Waals surface area contributed by atoms with Crippen LogP contribution in [0, 0.1) is 5.82 Å². The first kappa shape index (κ1) is 11.6. The molecule has 88 valence electrons. The van der Waals surface area contributed by atoms with Gasteiger partial charge in [0.1, 0.15) is 5.82 Å². The second kappa shape index (κ2) is 5.41. The lowest BCUT2D eigenvalue weighted by atomic mass is 10.0. The number of likely N-dealkylation sites (N-methyl/N-ethyl adjacent to an activating group) is 1. The normalized spacial score (nSPS) is 22.2. The number of nitrogens with one attached hydrogen (secondary N) is 1. The molecule has 0 bridgehead atoms. The summed E-state index contributed by atoms with van der Waals surface area (Å²) in [6.07, 6.45) is 0.983. The van der Waals surface area contributed by atoms with Crippen molar-refractivity contribution >= 4 is 0 Å². The van der Waals surface area contributed by atoms with E-state index in [1.807, 2.05) is 12.1 Å². The quantitative estimate of drug-likeness (QED) is 0.836. The van der Waals surface area contributed by atoms with Crippen LogP contribution in [-0.4, -0.2) is 37.1 Å². The summed E-state index contributed by atoms with van der Waals surface area (Å²) < 4.78 is 12.8. The van der Waals surface area contributed by atoms with Gasteiger partial charge in [0.2, 0.25) is 0 Å². The molecule has 0 aromatic heterocycles. The summed E-state index contributed by atoms with van der Waals surface area (Å²) in [5.74, 6) is -0.157. The van der Waals surface area contributed by atoms with Gasteiger partial charge in [0.15, 0.2) is 0 Å². The molecule has 3 heteroatoms. The highest BCUT2D eigenvalue weighted by Crippen LogP contribution is 2.08. The molecule has 2 nitrogen and oxygen atoms in total. The highest BCUT2D eigenvalue weighted by atomic mass is 19.1. The van der Waals surface area contributed by atoms with Crippen molar-refractivity contribution in [3.8, 4) is 0 Å². The predicted molar refractivity (Wildman–Crippen MR) is 64.0 cm³/mol. The van der Waals surface area contributed by atoms with Crippen LogP contribution in [0.4, 0.5) is 4.39 Å². The monoisotopic (exact) mass is 222 g/mol. The van der Waals surface area contributed by atoms with Crippen molar-refractivity contribution in [3.63, 3.8) is 0 Å². The van der Waals surface area contributed by atoms with Crippen LogP contribution < -0.4 is 5.32 Å². The molecule has 1 N–H and O–H groups in total. The lowest BCUT2D eigenvalue weighted by Gasteiger charge is -2.33. The molecule has 1 atom stereocenters. The molecule has 0 saturated carbocycles. The number of piperazine rings is 1. The molecule has 0 amide bonds. The molecular weight excluding hydrogens is 203 g/mol. The van der Waals surface area contributed by atoms with Crippen LogP contribution in [0.15, 0.2) is 24.3 Å². The van der Waals surface area contributed by atoms with Crippen LogP contribution in [-0.2, 0) is 6.42 Å². The van der Waals surface area contributed by atoms with Gasteiger partial charge in [-0.05, 0) is 30.7 Å². The minimum absolute atomic E-state index is 0.157. The molecule has 1 aliphatic rings. The maximum absolute atomic E-state index is 12.8. The lowest BCUT2D eigenvalue weighted by molar-refractivity contribution is 0.208. The number of hydrogen-bond donors (Lipinski definition) is 1. The number of nitrogens with zero attached hydrogens (tertiary/aromatic N) is 1. The second-order valence-corrected chi connectivity index (χ2v) is 4.37. The fraction of sp³-hybridized carbons (Fsp3) is 0.538. The molecule has 0 aliphatic carbocycles. The smallest absolute Gasteiger partial charge is 0.123 e. The van der Waals surface area contributed by atoms with Crippen molar-refractivity contribution in [1.29, 1.82) is 0 Å². The number of rotatable bonds is 3. The second-order valence-electron chi connectivity index (χ2n) is 4.37.